The largest absolute Gasteiger partial charge is 0.489 e. The van der Waals surface area contributed by atoms with Crippen molar-refractivity contribution in [3.8, 4) is 5.75 Å². The van der Waals surface area contributed by atoms with E-state index in [0.29, 0.717) is 17.9 Å². The highest BCUT2D eigenvalue weighted by Gasteiger charge is 2.13. The highest BCUT2D eigenvalue weighted by Crippen LogP contribution is 2.28. The maximum Gasteiger partial charge on any atom is 0.310 e. The normalized spacial score (nSPS) is 11.0. The van der Waals surface area contributed by atoms with Gasteiger partial charge in [-0.1, -0.05) is 0 Å². The fraction of sp³-hybridized carbons (Fsp3) is 0.286. The Morgan fingerprint density at radius 3 is 2.75 bits per heavy atom. The Kier molecular flexibility index (Phi) is 6.90. The summed E-state index contributed by atoms with van der Waals surface area (Å²) in [7, 11) is 1.62. The van der Waals surface area contributed by atoms with Crippen molar-refractivity contribution in [2.24, 2.45) is 0 Å². The van der Waals surface area contributed by atoms with Crippen LogP contribution in [0, 0.1) is 9.39 Å². The summed E-state index contributed by atoms with van der Waals surface area (Å²) in [5.74, 6) is 0.366. The van der Waals surface area contributed by atoms with Gasteiger partial charge in [0.15, 0.2) is 0 Å². The van der Waals surface area contributed by atoms with Gasteiger partial charge >= 0.3 is 5.97 Å². The standard InChI is InChI=1S/C21H20FIO5/c1-3-26-20(24)10-14-8-16(22)4-5-19(14)27-11-13-6-15-9-17(12-25-2)28-21(15)18(23)7-13/h4-9H,3,10-12H2,1-2H3. The molecule has 0 amide bonds. The van der Waals surface area contributed by atoms with Gasteiger partial charge in [0.05, 0.1) is 16.6 Å². The van der Waals surface area contributed by atoms with Gasteiger partial charge < -0.3 is 18.6 Å². The minimum Gasteiger partial charge on any atom is -0.489 e. The molecule has 0 aliphatic heterocycles. The smallest absolute Gasteiger partial charge is 0.310 e. The summed E-state index contributed by atoms with van der Waals surface area (Å²) in [6.07, 6.45) is -0.0421. The van der Waals surface area contributed by atoms with E-state index in [1.807, 2.05) is 18.2 Å². The SMILES string of the molecule is CCOC(=O)Cc1cc(F)ccc1OCc1cc(I)c2oc(COC)cc2c1. The van der Waals surface area contributed by atoms with Crippen LogP contribution in [0.4, 0.5) is 4.39 Å². The van der Waals surface area contributed by atoms with Crippen LogP contribution < -0.4 is 4.74 Å². The molecule has 3 aromatic rings. The fourth-order valence-corrected chi connectivity index (χ4v) is 3.70. The van der Waals surface area contributed by atoms with Crippen LogP contribution in [0.25, 0.3) is 11.0 Å². The highest BCUT2D eigenvalue weighted by atomic mass is 127. The molecule has 0 N–H and O–H groups in total. The van der Waals surface area contributed by atoms with Crippen LogP contribution in [0.1, 0.15) is 23.8 Å². The van der Waals surface area contributed by atoms with Crippen molar-refractivity contribution in [2.45, 2.75) is 26.6 Å². The summed E-state index contributed by atoms with van der Waals surface area (Å²) >= 11 is 2.22. The van der Waals surface area contributed by atoms with Crippen LogP contribution in [-0.4, -0.2) is 19.7 Å². The van der Waals surface area contributed by atoms with E-state index in [2.05, 4.69) is 22.6 Å². The van der Waals surface area contributed by atoms with E-state index in [1.165, 1.54) is 18.2 Å². The van der Waals surface area contributed by atoms with E-state index in [9.17, 15) is 9.18 Å². The molecule has 0 aliphatic rings. The second-order valence-corrected chi connectivity index (χ2v) is 7.33. The van der Waals surface area contributed by atoms with Crippen molar-refractivity contribution < 1.29 is 27.8 Å². The lowest BCUT2D eigenvalue weighted by Gasteiger charge is -2.12. The Morgan fingerprint density at radius 2 is 2.00 bits per heavy atom. The molecule has 0 radical (unpaired) electrons. The van der Waals surface area contributed by atoms with Crippen LogP contribution in [0.5, 0.6) is 5.75 Å². The molecule has 0 atom stereocenters. The molecule has 0 saturated carbocycles. The number of ether oxygens (including phenoxy) is 3. The van der Waals surface area contributed by atoms with Gasteiger partial charge in [-0.05, 0) is 71.5 Å². The Morgan fingerprint density at radius 1 is 1.18 bits per heavy atom. The zero-order chi connectivity index (χ0) is 20.1. The van der Waals surface area contributed by atoms with Crippen molar-refractivity contribution in [3.05, 3.63) is 62.7 Å². The maximum atomic E-state index is 13.6. The molecule has 148 valence electrons. The van der Waals surface area contributed by atoms with E-state index in [0.717, 1.165) is 25.9 Å². The van der Waals surface area contributed by atoms with Crippen molar-refractivity contribution in [3.63, 3.8) is 0 Å². The number of furan rings is 1. The number of hydrogen-bond donors (Lipinski definition) is 0. The molecule has 3 rings (SSSR count). The quantitative estimate of drug-likeness (QED) is 0.323. The van der Waals surface area contributed by atoms with Crippen molar-refractivity contribution in [1.82, 2.24) is 0 Å². The number of benzene rings is 2. The molecule has 0 saturated heterocycles. The number of fused-ring (bicyclic) bond motifs is 1. The van der Waals surface area contributed by atoms with Gasteiger partial charge in [0.1, 0.15) is 36.1 Å². The van der Waals surface area contributed by atoms with Crippen molar-refractivity contribution in [2.75, 3.05) is 13.7 Å². The summed E-state index contributed by atoms with van der Waals surface area (Å²) in [5, 5.41) is 0.961. The molecular weight excluding hydrogens is 478 g/mol. The first kappa shape index (κ1) is 20.6. The number of carbonyl (C=O) groups is 1. The van der Waals surface area contributed by atoms with Crippen molar-refractivity contribution >= 4 is 39.5 Å². The molecule has 7 heteroatoms. The summed E-state index contributed by atoms with van der Waals surface area (Å²) in [6.45, 7) is 2.69. The number of hydrogen-bond acceptors (Lipinski definition) is 5. The molecule has 0 spiro atoms. The highest BCUT2D eigenvalue weighted by molar-refractivity contribution is 14.1. The maximum absolute atomic E-state index is 13.6. The minimum atomic E-state index is -0.424. The Balaban J connectivity index is 1.79. The van der Waals surface area contributed by atoms with Crippen LogP contribution in [0.3, 0.4) is 0 Å². The van der Waals surface area contributed by atoms with E-state index in [-0.39, 0.29) is 19.6 Å². The van der Waals surface area contributed by atoms with Crippen LogP contribution in [0.15, 0.2) is 40.8 Å². The summed E-state index contributed by atoms with van der Waals surface area (Å²) in [6, 6.07) is 10.0. The van der Waals surface area contributed by atoms with Gasteiger partial charge in [-0.25, -0.2) is 4.39 Å². The summed E-state index contributed by atoms with van der Waals surface area (Å²) < 4.78 is 36.3. The topological polar surface area (TPSA) is 57.9 Å². The number of esters is 1. The zero-order valence-electron chi connectivity index (χ0n) is 15.6. The molecule has 28 heavy (non-hydrogen) atoms. The number of carbonyl (C=O) groups excluding carboxylic acids is 1. The Bertz CT molecular complexity index is 982. The molecule has 0 aliphatic carbocycles. The third kappa shape index (κ3) is 5.02. The molecule has 5 nitrogen and oxygen atoms in total. The van der Waals surface area contributed by atoms with E-state index in [4.69, 9.17) is 18.6 Å². The monoisotopic (exact) mass is 498 g/mol. The van der Waals surface area contributed by atoms with E-state index in [1.54, 1.807) is 14.0 Å². The molecular formula is C21H20FIO5. The van der Waals surface area contributed by atoms with E-state index >= 15 is 0 Å². The third-order valence-corrected chi connectivity index (χ3v) is 4.83. The minimum absolute atomic E-state index is 0.0421. The van der Waals surface area contributed by atoms with Gasteiger partial charge in [-0.2, -0.15) is 0 Å². The second kappa shape index (κ2) is 9.38. The molecule has 0 unspecified atom stereocenters. The number of rotatable bonds is 8. The first-order chi connectivity index (χ1) is 13.5. The molecule has 1 heterocycles. The van der Waals surface area contributed by atoms with Crippen LogP contribution >= 0.6 is 22.6 Å². The average Bonchev–Trinajstić information content (AvgIpc) is 3.05. The van der Waals surface area contributed by atoms with E-state index < -0.39 is 11.8 Å². The number of methoxy groups -OCH3 is 1. The second-order valence-electron chi connectivity index (χ2n) is 6.16. The molecule has 0 fully saturated rings. The predicted octanol–water partition coefficient (Wildman–Crippen LogP) is 5.01. The lowest BCUT2D eigenvalue weighted by atomic mass is 10.1. The average molecular weight is 498 g/mol. The van der Waals surface area contributed by atoms with Gasteiger partial charge in [0, 0.05) is 18.1 Å². The van der Waals surface area contributed by atoms with Gasteiger partial charge in [0.2, 0.25) is 0 Å². The van der Waals surface area contributed by atoms with Gasteiger partial charge in [-0.15, -0.1) is 0 Å². The zero-order valence-corrected chi connectivity index (χ0v) is 17.7. The Hall–Kier alpha value is -2.13. The molecule has 0 bridgehead atoms. The molecule has 2 aromatic carbocycles. The predicted molar refractivity (Wildman–Crippen MR) is 111 cm³/mol. The summed E-state index contributed by atoms with van der Waals surface area (Å²) in [4.78, 5) is 11.8. The van der Waals surface area contributed by atoms with Gasteiger partial charge in [0.25, 0.3) is 0 Å². The Labute approximate surface area is 175 Å². The fourth-order valence-electron chi connectivity index (χ4n) is 2.87. The lowest BCUT2D eigenvalue weighted by Crippen LogP contribution is -2.09. The van der Waals surface area contributed by atoms with Crippen LogP contribution in [-0.2, 0) is 33.9 Å². The first-order valence-corrected chi connectivity index (χ1v) is 9.84. The van der Waals surface area contributed by atoms with Crippen LogP contribution in [0.2, 0.25) is 0 Å². The summed E-state index contributed by atoms with van der Waals surface area (Å²) in [5.41, 5.74) is 2.20. The third-order valence-electron chi connectivity index (χ3n) is 4.03. The number of halogens is 2. The molecule has 1 aromatic heterocycles. The first-order valence-electron chi connectivity index (χ1n) is 8.76. The van der Waals surface area contributed by atoms with Crippen molar-refractivity contribution in [1.29, 1.82) is 0 Å². The lowest BCUT2D eigenvalue weighted by molar-refractivity contribution is -0.142. The van der Waals surface area contributed by atoms with Gasteiger partial charge in [-0.3, -0.25) is 4.79 Å².